The van der Waals surface area contributed by atoms with E-state index in [-0.39, 0.29) is 24.3 Å². The second-order valence-electron chi connectivity index (χ2n) is 8.52. The monoisotopic (exact) mass is 468 g/mol. The number of amides is 3. The molecule has 2 aromatic rings. The predicted molar refractivity (Wildman–Crippen MR) is 129 cm³/mol. The smallest absolute Gasteiger partial charge is 0.320 e. The zero-order chi connectivity index (χ0) is 24.8. The molecule has 0 bridgehead atoms. The summed E-state index contributed by atoms with van der Waals surface area (Å²) in [4.78, 5) is 31.1. The van der Waals surface area contributed by atoms with Gasteiger partial charge in [0.2, 0.25) is 5.91 Å². The Bertz CT molecular complexity index is 1060. The van der Waals surface area contributed by atoms with Gasteiger partial charge >= 0.3 is 6.03 Å². The number of hydrogen-bond acceptors (Lipinski definition) is 4. The fourth-order valence-corrected chi connectivity index (χ4v) is 4.27. The van der Waals surface area contributed by atoms with E-state index < -0.39 is 0 Å². The van der Waals surface area contributed by atoms with Crippen LogP contribution in [0.25, 0.3) is 0 Å². The summed E-state index contributed by atoms with van der Waals surface area (Å²) in [5, 5.41) is 12.7. The number of urea groups is 1. The van der Waals surface area contributed by atoms with Gasteiger partial charge in [-0.3, -0.25) is 9.69 Å². The molecular weight excluding hydrogens is 435 g/mol. The highest BCUT2D eigenvalue weighted by atomic mass is 19.1. The van der Waals surface area contributed by atoms with E-state index in [1.54, 1.807) is 17.0 Å². The molecule has 0 unspecified atom stereocenters. The number of rotatable bonds is 7. The summed E-state index contributed by atoms with van der Waals surface area (Å²) in [6.45, 7) is 12.0. The number of nitriles is 1. The molecule has 3 amide bonds. The molecule has 1 aromatic heterocycles. The van der Waals surface area contributed by atoms with Crippen LogP contribution in [0.2, 0.25) is 0 Å². The van der Waals surface area contributed by atoms with Crippen LogP contribution in [0.4, 0.5) is 15.0 Å². The minimum absolute atomic E-state index is 0.0392. The molecule has 1 fully saturated rings. The molecule has 182 valence electrons. The highest BCUT2D eigenvalue weighted by Gasteiger charge is 2.26. The maximum absolute atomic E-state index is 13.3. The third-order valence-electron chi connectivity index (χ3n) is 6.50. The fraction of sp³-hybridized carbons (Fsp3) is 0.480. The van der Waals surface area contributed by atoms with Crippen LogP contribution >= 0.6 is 0 Å². The van der Waals surface area contributed by atoms with Crippen molar-refractivity contribution in [3.05, 3.63) is 52.5 Å². The summed E-state index contributed by atoms with van der Waals surface area (Å²) in [6, 6.07) is 8.44. The van der Waals surface area contributed by atoms with E-state index in [1.807, 2.05) is 42.1 Å². The SMILES string of the molecule is CCN(CC)C(=O)N1CCN(CC(=O)Nc2c(C#N)c(C)c(C)n2Cc2ccc(F)cc2)CC1. The molecule has 8 nitrogen and oxygen atoms in total. The molecule has 1 N–H and O–H groups in total. The van der Waals surface area contributed by atoms with Crippen molar-refractivity contribution in [2.75, 3.05) is 51.1 Å². The summed E-state index contributed by atoms with van der Waals surface area (Å²) in [5.41, 5.74) is 2.99. The molecule has 2 heterocycles. The van der Waals surface area contributed by atoms with E-state index in [0.717, 1.165) is 16.8 Å². The molecule has 0 spiro atoms. The van der Waals surface area contributed by atoms with Crippen LogP contribution in [0.15, 0.2) is 24.3 Å². The molecule has 0 atom stereocenters. The first-order chi connectivity index (χ1) is 16.3. The standard InChI is InChI=1S/C25H33FN6O2/c1-5-30(6-2)25(34)31-13-11-29(12-14-31)17-23(33)28-24-22(15-27)18(3)19(4)32(24)16-20-7-9-21(26)10-8-20/h7-10H,5-6,11-14,16-17H2,1-4H3,(H,28,33). The number of carbonyl (C=O) groups excluding carboxylic acids is 2. The average Bonchev–Trinajstić information content (AvgIpc) is 3.05. The number of hydrogen-bond donors (Lipinski definition) is 1. The molecule has 34 heavy (non-hydrogen) atoms. The van der Waals surface area contributed by atoms with E-state index in [1.165, 1.54) is 12.1 Å². The molecule has 0 aliphatic carbocycles. The molecule has 0 radical (unpaired) electrons. The molecular formula is C25H33FN6O2. The zero-order valence-corrected chi connectivity index (χ0v) is 20.4. The van der Waals surface area contributed by atoms with Gasteiger partial charge < -0.3 is 19.7 Å². The lowest BCUT2D eigenvalue weighted by Gasteiger charge is -2.36. The Balaban J connectivity index is 1.67. The maximum Gasteiger partial charge on any atom is 0.320 e. The van der Waals surface area contributed by atoms with Gasteiger partial charge in [-0.1, -0.05) is 12.1 Å². The number of carbonyl (C=O) groups is 2. The first-order valence-electron chi connectivity index (χ1n) is 11.7. The van der Waals surface area contributed by atoms with Crippen molar-refractivity contribution in [2.45, 2.75) is 34.2 Å². The predicted octanol–water partition coefficient (Wildman–Crippen LogP) is 3.18. The van der Waals surface area contributed by atoms with E-state index in [9.17, 15) is 19.2 Å². The van der Waals surface area contributed by atoms with Crippen molar-refractivity contribution in [1.29, 1.82) is 5.26 Å². The van der Waals surface area contributed by atoms with Crippen molar-refractivity contribution in [2.24, 2.45) is 0 Å². The Morgan fingerprint density at radius 1 is 1.09 bits per heavy atom. The van der Waals surface area contributed by atoms with Gasteiger partial charge in [-0.15, -0.1) is 0 Å². The highest BCUT2D eigenvalue weighted by Crippen LogP contribution is 2.27. The molecule has 9 heteroatoms. The van der Waals surface area contributed by atoms with Gasteiger partial charge in [-0.2, -0.15) is 5.26 Å². The molecule has 1 aliphatic rings. The summed E-state index contributed by atoms with van der Waals surface area (Å²) in [6.07, 6.45) is 0. The van der Waals surface area contributed by atoms with Crippen molar-refractivity contribution >= 4 is 17.8 Å². The Morgan fingerprint density at radius 2 is 1.71 bits per heavy atom. The number of anilines is 1. The Morgan fingerprint density at radius 3 is 2.26 bits per heavy atom. The summed E-state index contributed by atoms with van der Waals surface area (Å²) in [7, 11) is 0. The quantitative estimate of drug-likeness (QED) is 0.677. The van der Waals surface area contributed by atoms with Gasteiger partial charge in [-0.25, -0.2) is 9.18 Å². The third-order valence-corrected chi connectivity index (χ3v) is 6.50. The third kappa shape index (κ3) is 5.57. The lowest BCUT2D eigenvalue weighted by molar-refractivity contribution is -0.117. The Kier molecular flexibility index (Phi) is 8.29. The van der Waals surface area contributed by atoms with Gasteiger partial charge in [0.25, 0.3) is 0 Å². The van der Waals surface area contributed by atoms with Gasteiger partial charge in [0.05, 0.1) is 12.1 Å². The molecule has 1 aromatic carbocycles. The number of nitrogens with zero attached hydrogens (tertiary/aromatic N) is 5. The highest BCUT2D eigenvalue weighted by molar-refractivity contribution is 5.93. The second kappa shape index (κ2) is 11.2. The molecule has 3 rings (SSSR count). The van der Waals surface area contributed by atoms with E-state index in [2.05, 4.69) is 11.4 Å². The lowest BCUT2D eigenvalue weighted by atomic mass is 10.2. The van der Waals surface area contributed by atoms with E-state index in [4.69, 9.17) is 0 Å². The minimum atomic E-state index is -0.311. The fourth-order valence-electron chi connectivity index (χ4n) is 4.27. The van der Waals surface area contributed by atoms with Gasteiger partial charge in [0, 0.05) is 51.5 Å². The van der Waals surface area contributed by atoms with Crippen LogP contribution in [-0.4, -0.2) is 77.0 Å². The van der Waals surface area contributed by atoms with Crippen molar-refractivity contribution in [3.63, 3.8) is 0 Å². The first kappa shape index (κ1) is 25.2. The van der Waals surface area contributed by atoms with Crippen LogP contribution in [0.1, 0.15) is 36.2 Å². The minimum Gasteiger partial charge on any atom is -0.326 e. The second-order valence-corrected chi connectivity index (χ2v) is 8.52. The topological polar surface area (TPSA) is 84.6 Å². The maximum atomic E-state index is 13.3. The van der Waals surface area contributed by atoms with Crippen LogP contribution in [0.3, 0.4) is 0 Å². The van der Waals surface area contributed by atoms with E-state index >= 15 is 0 Å². The van der Waals surface area contributed by atoms with E-state index in [0.29, 0.717) is 57.2 Å². The Hall–Kier alpha value is -3.38. The van der Waals surface area contributed by atoms with Gasteiger partial charge in [0.15, 0.2) is 0 Å². The van der Waals surface area contributed by atoms with Crippen molar-refractivity contribution in [3.8, 4) is 6.07 Å². The van der Waals surface area contributed by atoms with Crippen LogP contribution in [-0.2, 0) is 11.3 Å². The zero-order valence-electron chi connectivity index (χ0n) is 20.4. The number of aromatic nitrogens is 1. The first-order valence-corrected chi connectivity index (χ1v) is 11.7. The van der Waals surface area contributed by atoms with Crippen molar-refractivity contribution < 1.29 is 14.0 Å². The summed E-state index contributed by atoms with van der Waals surface area (Å²) in [5.74, 6) is -0.0608. The van der Waals surface area contributed by atoms with Gasteiger partial charge in [0.1, 0.15) is 17.7 Å². The van der Waals surface area contributed by atoms with Crippen LogP contribution in [0, 0.1) is 31.0 Å². The summed E-state index contributed by atoms with van der Waals surface area (Å²) >= 11 is 0. The number of benzene rings is 1. The van der Waals surface area contributed by atoms with Crippen LogP contribution < -0.4 is 5.32 Å². The number of nitrogens with one attached hydrogen (secondary N) is 1. The Labute approximate surface area is 200 Å². The van der Waals surface area contributed by atoms with Crippen molar-refractivity contribution in [1.82, 2.24) is 19.3 Å². The number of halogens is 1. The number of piperazine rings is 1. The lowest BCUT2D eigenvalue weighted by Crippen LogP contribution is -2.53. The normalized spacial score (nSPS) is 14.1. The largest absolute Gasteiger partial charge is 0.326 e. The molecule has 1 saturated heterocycles. The van der Waals surface area contributed by atoms with Crippen LogP contribution in [0.5, 0.6) is 0 Å². The molecule has 1 aliphatic heterocycles. The van der Waals surface area contributed by atoms with Gasteiger partial charge in [-0.05, 0) is 51.0 Å². The average molecular weight is 469 g/mol. The summed E-state index contributed by atoms with van der Waals surface area (Å²) < 4.78 is 15.2. The molecule has 0 saturated carbocycles.